The number of halogens is 2. The topological polar surface area (TPSA) is 187 Å². The molecule has 0 saturated carbocycles. The number of carbonyl (C=O) groups is 3. The number of aldehydes is 1. The summed E-state index contributed by atoms with van der Waals surface area (Å²) in [4.78, 5) is 50.9. The molecular weight excluding hydrogens is 583 g/mol. The number of carbonyl (C=O) groups excluding carboxylic acids is 3. The molecule has 41 heavy (non-hydrogen) atoms. The van der Waals surface area contributed by atoms with E-state index in [9.17, 15) is 34.6 Å². The first-order chi connectivity index (χ1) is 19.5. The molecule has 0 radical (unpaired) electrons. The van der Waals surface area contributed by atoms with Crippen molar-refractivity contribution in [2.45, 2.75) is 6.42 Å². The molecule has 14 heteroatoms. The molecule has 0 amide bonds. The van der Waals surface area contributed by atoms with Crippen LogP contribution in [0.4, 0.5) is 0 Å². The number of hydrogen-bond donors (Lipinski definition) is 2. The molecule has 214 valence electrons. The molecule has 3 aromatic rings. The normalized spacial score (nSPS) is 12.3. The first kappa shape index (κ1) is 32.6. The highest BCUT2D eigenvalue weighted by Crippen LogP contribution is 2.29. The van der Waals surface area contributed by atoms with Crippen LogP contribution in [0.15, 0.2) is 66.4 Å². The minimum Gasteiger partial charge on any atom is -0.507 e. The molecule has 12 nitrogen and oxygen atoms in total. The van der Waals surface area contributed by atoms with Gasteiger partial charge in [-0.25, -0.2) is 0 Å². The van der Waals surface area contributed by atoms with Crippen LogP contribution in [0.5, 0.6) is 11.5 Å². The molecule has 0 saturated heterocycles. The molecule has 1 heterocycles. The van der Waals surface area contributed by atoms with E-state index >= 15 is 0 Å². The molecule has 0 unspecified atom stereocenters. The Kier molecular flexibility index (Phi) is 12.6. The summed E-state index contributed by atoms with van der Waals surface area (Å²) in [5, 5.41) is 37.5. The zero-order valence-electron chi connectivity index (χ0n) is 21.1. The van der Waals surface area contributed by atoms with Crippen LogP contribution in [0.1, 0.15) is 43.1 Å². The molecule has 2 aliphatic rings. The van der Waals surface area contributed by atoms with Crippen molar-refractivity contribution in [3.05, 3.63) is 119 Å². The fourth-order valence-corrected chi connectivity index (χ4v) is 3.56. The summed E-state index contributed by atoms with van der Waals surface area (Å²) >= 11 is 11.2. The van der Waals surface area contributed by atoms with Crippen LogP contribution >= 0.6 is 23.2 Å². The summed E-state index contributed by atoms with van der Waals surface area (Å²) in [5.41, 5.74) is 2.16. The lowest BCUT2D eigenvalue weighted by molar-refractivity contribution is -0.482. The van der Waals surface area contributed by atoms with E-state index in [2.05, 4.69) is 0 Å². The van der Waals surface area contributed by atoms with Crippen molar-refractivity contribution in [2.24, 2.45) is 0 Å². The second-order valence-electron chi connectivity index (χ2n) is 8.03. The van der Waals surface area contributed by atoms with Gasteiger partial charge in [-0.2, -0.15) is 0 Å². The van der Waals surface area contributed by atoms with Gasteiger partial charge in [-0.15, -0.1) is 0 Å². The number of nitrogens with zero attached hydrogens (tertiary/aromatic N) is 2. The van der Waals surface area contributed by atoms with Crippen molar-refractivity contribution >= 4 is 47.1 Å². The van der Waals surface area contributed by atoms with E-state index in [1.165, 1.54) is 18.2 Å². The van der Waals surface area contributed by atoms with Gasteiger partial charge in [-0.05, 0) is 36.4 Å². The summed E-state index contributed by atoms with van der Waals surface area (Å²) in [7, 11) is 0. The Morgan fingerprint density at radius 3 is 2.00 bits per heavy atom. The van der Waals surface area contributed by atoms with Gasteiger partial charge in [0, 0.05) is 37.7 Å². The van der Waals surface area contributed by atoms with E-state index in [-0.39, 0.29) is 54.8 Å². The predicted octanol–water partition coefficient (Wildman–Crippen LogP) is 4.92. The molecule has 0 atom stereocenters. The van der Waals surface area contributed by atoms with Crippen molar-refractivity contribution < 1.29 is 39.2 Å². The minimum absolute atomic E-state index is 0.0135. The smallest absolute Gasteiger partial charge is 0.284 e. The minimum atomic E-state index is -0.569. The lowest BCUT2D eigenvalue weighted by atomic mass is 10.1. The number of Topliss-reactive ketones (excluding diaryl/α,β-unsaturated/α-hetero) is 2. The fourth-order valence-electron chi connectivity index (χ4n) is 3.23. The zero-order chi connectivity index (χ0) is 30.5. The van der Waals surface area contributed by atoms with E-state index in [0.717, 1.165) is 0 Å². The lowest BCUT2D eigenvalue weighted by Gasteiger charge is -2.12. The number of aliphatic hydroxyl groups excluding tert-OH is 1. The van der Waals surface area contributed by atoms with Crippen molar-refractivity contribution in [1.82, 2.24) is 0 Å². The van der Waals surface area contributed by atoms with Crippen LogP contribution in [0.2, 0.25) is 10.0 Å². The highest BCUT2D eigenvalue weighted by Gasteiger charge is 2.25. The number of aliphatic hydroxyl groups is 1. The van der Waals surface area contributed by atoms with Gasteiger partial charge in [0.2, 0.25) is 6.54 Å². The second-order valence-corrected chi connectivity index (χ2v) is 8.91. The number of aromatic hydroxyl groups is 1. The van der Waals surface area contributed by atoms with Crippen LogP contribution in [0, 0.1) is 20.2 Å². The van der Waals surface area contributed by atoms with Gasteiger partial charge in [0.1, 0.15) is 18.1 Å². The number of hydrogen-bond acceptors (Lipinski definition) is 10. The lowest BCUT2D eigenvalue weighted by Crippen LogP contribution is -2.13. The molecule has 2 N–H and O–H groups in total. The molecule has 0 aromatic heterocycles. The van der Waals surface area contributed by atoms with Gasteiger partial charge in [-0.1, -0.05) is 47.5 Å². The summed E-state index contributed by atoms with van der Waals surface area (Å²) in [6.45, 7) is -0.729. The zero-order valence-corrected chi connectivity index (χ0v) is 22.6. The molecule has 3 aromatic carbocycles. The Morgan fingerprint density at radius 1 is 0.927 bits per heavy atom. The molecule has 0 fully saturated rings. The van der Waals surface area contributed by atoms with E-state index in [1.807, 2.05) is 0 Å². The van der Waals surface area contributed by atoms with Gasteiger partial charge in [0.25, 0.3) is 5.70 Å². The van der Waals surface area contributed by atoms with E-state index in [1.54, 1.807) is 48.5 Å². The number of phenolic OH excluding ortho intramolecular Hbond substituents is 1. The third-order valence-corrected chi connectivity index (χ3v) is 5.63. The molecule has 5 rings (SSSR count). The Hall–Kier alpha value is -4.65. The molecule has 0 spiro atoms. The van der Waals surface area contributed by atoms with Crippen LogP contribution in [0.3, 0.4) is 0 Å². The van der Waals surface area contributed by atoms with Crippen molar-refractivity contribution in [2.75, 3.05) is 19.8 Å². The van der Waals surface area contributed by atoms with E-state index < -0.39 is 9.85 Å². The number of benzene rings is 3. The monoisotopic (exact) mass is 604 g/mol. The number of phenols is 1. The number of nitro groups is 2. The molecule has 1 aliphatic carbocycles. The van der Waals surface area contributed by atoms with Crippen molar-refractivity contribution in [1.29, 1.82) is 0 Å². The SMILES string of the molecule is O=C1CC(=O)c2ccccc21.O=Cc1ccc(Cl)cc1O.O=[N+]([O-])C1=Cc2ccc(Cl)cc2OC1.O=[N+]([O-])CCO. The predicted molar refractivity (Wildman–Crippen MR) is 149 cm³/mol. The Labute approximate surface area is 242 Å². The number of rotatable bonds is 4. The quantitative estimate of drug-likeness (QED) is 0.179. The Morgan fingerprint density at radius 2 is 1.51 bits per heavy atom. The van der Waals surface area contributed by atoms with Crippen LogP contribution in [0.25, 0.3) is 6.08 Å². The Bertz CT molecular complexity index is 1460. The largest absolute Gasteiger partial charge is 0.507 e. The third-order valence-electron chi connectivity index (χ3n) is 5.16. The first-order valence-electron chi connectivity index (χ1n) is 11.6. The average molecular weight is 605 g/mol. The standard InChI is InChI=1S/C9H6ClNO3.C9H6O2.C7H5ClO2.C2H5NO3/c10-7-2-1-6-3-8(11(12)13)5-14-9(6)4-7;10-8-5-9(11)7-4-2-1-3-6(7)8;8-6-2-1-5(4-9)7(10)3-6;4-2-1-3(5)6/h1-4H,5H2;1-4H,5H2;1-4,10H;4H,1-2H2. The average Bonchev–Trinajstić information content (AvgIpc) is 3.22. The van der Waals surface area contributed by atoms with Crippen LogP contribution in [-0.2, 0) is 0 Å². The highest BCUT2D eigenvalue weighted by molar-refractivity contribution is 6.31. The van der Waals surface area contributed by atoms with Gasteiger partial charge in [0.05, 0.1) is 16.9 Å². The van der Waals surface area contributed by atoms with Gasteiger partial charge >= 0.3 is 0 Å². The summed E-state index contributed by atoms with van der Waals surface area (Å²) in [6.07, 6.45) is 2.13. The second kappa shape index (κ2) is 15.8. The van der Waals surface area contributed by atoms with Crippen LogP contribution in [-0.4, -0.2) is 57.7 Å². The molecule has 0 bridgehead atoms. The van der Waals surface area contributed by atoms with Gasteiger partial charge in [0.15, 0.2) is 24.5 Å². The van der Waals surface area contributed by atoms with Crippen molar-refractivity contribution in [3.63, 3.8) is 0 Å². The van der Waals surface area contributed by atoms with E-state index in [0.29, 0.717) is 38.8 Å². The summed E-state index contributed by atoms with van der Waals surface area (Å²) in [5.74, 6) is 0.404. The maximum Gasteiger partial charge on any atom is 0.284 e. The molecular formula is C27H22Cl2N2O10. The van der Waals surface area contributed by atoms with E-state index in [4.69, 9.17) is 38.2 Å². The summed E-state index contributed by atoms with van der Waals surface area (Å²) in [6, 6.07) is 16.3. The third kappa shape index (κ3) is 10.1. The van der Waals surface area contributed by atoms with Crippen molar-refractivity contribution in [3.8, 4) is 11.5 Å². The Balaban J connectivity index is 0.000000199. The number of fused-ring (bicyclic) bond motifs is 2. The van der Waals surface area contributed by atoms with Crippen LogP contribution < -0.4 is 4.74 Å². The fraction of sp³-hybridized carbons (Fsp3) is 0.148. The maximum absolute atomic E-state index is 11.1. The summed E-state index contributed by atoms with van der Waals surface area (Å²) < 4.78 is 5.18. The maximum atomic E-state index is 11.1. The first-order valence-corrected chi connectivity index (χ1v) is 12.3. The number of ether oxygens (including phenoxy) is 1. The molecule has 1 aliphatic heterocycles. The van der Waals surface area contributed by atoms with Gasteiger partial charge in [-0.3, -0.25) is 34.6 Å². The highest BCUT2D eigenvalue weighted by atomic mass is 35.5. The number of ketones is 2. The van der Waals surface area contributed by atoms with Gasteiger partial charge < -0.3 is 14.9 Å².